The van der Waals surface area contributed by atoms with Gasteiger partial charge >= 0.3 is 6.03 Å². The minimum Gasteiger partial charge on any atom is -0.494 e. The summed E-state index contributed by atoms with van der Waals surface area (Å²) in [6.45, 7) is 6.08. The number of hydroxylamine groups is 2. The maximum absolute atomic E-state index is 10.8. The van der Waals surface area contributed by atoms with Gasteiger partial charge in [0.1, 0.15) is 5.75 Å². The number of primary amides is 1. The van der Waals surface area contributed by atoms with Crippen molar-refractivity contribution in [3.63, 3.8) is 0 Å². The van der Waals surface area contributed by atoms with Crippen molar-refractivity contribution in [1.82, 2.24) is 14.9 Å². The van der Waals surface area contributed by atoms with Crippen molar-refractivity contribution in [2.24, 2.45) is 5.73 Å². The zero-order chi connectivity index (χ0) is 27.5. The van der Waals surface area contributed by atoms with Crippen LogP contribution in [0.25, 0.3) is 0 Å². The monoisotopic (exact) mass is 550 g/mol. The number of nitrogens with two attached hydrogens (primary N) is 1. The number of halogens is 1. The second-order valence-corrected chi connectivity index (χ2v) is 10.4. The van der Waals surface area contributed by atoms with E-state index in [-0.39, 0.29) is 12.6 Å². The van der Waals surface area contributed by atoms with E-state index in [1.54, 1.807) is 0 Å². The van der Waals surface area contributed by atoms with Gasteiger partial charge in [0.2, 0.25) is 0 Å². The smallest absolute Gasteiger partial charge is 0.338 e. The fourth-order valence-corrected chi connectivity index (χ4v) is 5.20. The molecule has 3 N–H and O–H groups in total. The van der Waals surface area contributed by atoms with Crippen molar-refractivity contribution in [3.05, 3.63) is 101 Å². The molecule has 1 aliphatic rings. The molecule has 0 saturated carbocycles. The number of rotatable bonds is 13. The topological polar surface area (TPSA) is 82.3 Å². The predicted octanol–water partition coefficient (Wildman–Crippen LogP) is 5.61. The van der Waals surface area contributed by atoms with Gasteiger partial charge in [0.25, 0.3) is 0 Å². The highest BCUT2D eigenvalue weighted by Crippen LogP contribution is 2.30. The Hall–Kier alpha value is -3.10. The second-order valence-electron chi connectivity index (χ2n) is 10.0. The van der Waals surface area contributed by atoms with Crippen LogP contribution >= 0.6 is 11.6 Å². The molecule has 7 nitrogen and oxygen atoms in total. The number of benzene rings is 3. The van der Waals surface area contributed by atoms with Gasteiger partial charge in [-0.05, 0) is 66.6 Å². The molecule has 208 valence electrons. The van der Waals surface area contributed by atoms with Gasteiger partial charge in [-0.3, -0.25) is 10.1 Å². The zero-order valence-electron chi connectivity index (χ0n) is 22.4. The molecule has 0 aliphatic carbocycles. The maximum atomic E-state index is 10.8. The molecule has 2 amide bonds. The van der Waals surface area contributed by atoms with Crippen LogP contribution in [0.15, 0.2) is 78.9 Å². The average Bonchev–Trinajstić information content (AvgIpc) is 2.96. The third-order valence-corrected chi connectivity index (χ3v) is 7.48. The number of hydrogen-bond donors (Lipinski definition) is 2. The van der Waals surface area contributed by atoms with Gasteiger partial charge in [0, 0.05) is 37.7 Å². The number of aryl methyl sites for hydroxylation is 1. The first kappa shape index (κ1) is 28.9. The van der Waals surface area contributed by atoms with E-state index in [9.17, 15) is 10.0 Å². The zero-order valence-corrected chi connectivity index (χ0v) is 23.2. The Balaban J connectivity index is 1.16. The summed E-state index contributed by atoms with van der Waals surface area (Å²) in [4.78, 5) is 15.9. The van der Waals surface area contributed by atoms with E-state index in [0.29, 0.717) is 18.1 Å². The Morgan fingerprint density at radius 3 is 2.23 bits per heavy atom. The number of hydrogen-bond acceptors (Lipinski definition) is 5. The molecular formula is C31H39ClN4O3. The van der Waals surface area contributed by atoms with Gasteiger partial charge in [0.15, 0.2) is 0 Å². The molecule has 3 aromatic rings. The predicted molar refractivity (Wildman–Crippen MR) is 155 cm³/mol. The fourth-order valence-electron chi connectivity index (χ4n) is 5.07. The van der Waals surface area contributed by atoms with Gasteiger partial charge < -0.3 is 15.4 Å². The lowest BCUT2D eigenvalue weighted by Crippen LogP contribution is -2.48. The Bertz CT molecular complexity index is 1140. The summed E-state index contributed by atoms with van der Waals surface area (Å²) in [6.07, 6.45) is 3.42. The normalized spacial score (nSPS) is 15.1. The van der Waals surface area contributed by atoms with E-state index in [1.165, 1.54) is 16.7 Å². The largest absolute Gasteiger partial charge is 0.494 e. The Morgan fingerprint density at radius 1 is 0.897 bits per heavy atom. The summed E-state index contributed by atoms with van der Waals surface area (Å²) in [7, 11) is 0. The number of unbranched alkanes of at least 4 members (excludes halogenated alkanes) is 1. The SMILES string of the molecule is NC(=O)N(O)CCCCc1ccc(OCCCN2CCN(C(c3ccccc3)c3ccc(Cl)cc3)CC2)cc1. The Morgan fingerprint density at radius 2 is 1.56 bits per heavy atom. The van der Waals surface area contributed by atoms with Gasteiger partial charge in [-0.25, -0.2) is 9.86 Å². The number of carbonyl (C=O) groups is 1. The summed E-state index contributed by atoms with van der Waals surface area (Å²) < 4.78 is 5.98. The first-order valence-electron chi connectivity index (χ1n) is 13.7. The average molecular weight is 551 g/mol. The highest BCUT2D eigenvalue weighted by Gasteiger charge is 2.26. The van der Waals surface area contributed by atoms with Crippen LogP contribution in [0.3, 0.4) is 0 Å². The van der Waals surface area contributed by atoms with Crippen LogP contribution in [0.1, 0.15) is 42.0 Å². The van der Waals surface area contributed by atoms with Crippen molar-refractivity contribution in [3.8, 4) is 5.75 Å². The van der Waals surface area contributed by atoms with Gasteiger partial charge in [-0.2, -0.15) is 0 Å². The van der Waals surface area contributed by atoms with Gasteiger partial charge in [0.05, 0.1) is 19.2 Å². The van der Waals surface area contributed by atoms with Crippen molar-refractivity contribution >= 4 is 17.6 Å². The first-order chi connectivity index (χ1) is 19.0. The number of amides is 2. The summed E-state index contributed by atoms with van der Waals surface area (Å²) in [5, 5.41) is 10.6. The molecule has 1 aliphatic heterocycles. The molecule has 1 saturated heterocycles. The third kappa shape index (κ3) is 8.97. The quantitative estimate of drug-likeness (QED) is 0.164. The number of urea groups is 1. The van der Waals surface area contributed by atoms with Crippen LogP contribution in [0, 0.1) is 0 Å². The molecule has 0 spiro atoms. The molecule has 1 fully saturated rings. The lowest BCUT2D eigenvalue weighted by Gasteiger charge is -2.39. The number of ether oxygens (including phenoxy) is 1. The Kier molecular flexibility index (Phi) is 11.0. The molecule has 4 rings (SSSR count). The molecule has 1 atom stereocenters. The summed E-state index contributed by atoms with van der Waals surface area (Å²) in [5.41, 5.74) is 8.81. The molecular weight excluding hydrogens is 512 g/mol. The first-order valence-corrected chi connectivity index (χ1v) is 14.1. The van der Waals surface area contributed by atoms with E-state index in [0.717, 1.165) is 62.8 Å². The molecule has 0 radical (unpaired) electrons. The number of piperazine rings is 1. The molecule has 1 heterocycles. The van der Waals surface area contributed by atoms with E-state index in [1.807, 2.05) is 24.3 Å². The van der Waals surface area contributed by atoms with E-state index in [2.05, 4.69) is 64.4 Å². The van der Waals surface area contributed by atoms with Crippen LogP contribution in [0.5, 0.6) is 5.75 Å². The maximum Gasteiger partial charge on any atom is 0.338 e. The second kappa shape index (κ2) is 14.9. The molecule has 39 heavy (non-hydrogen) atoms. The van der Waals surface area contributed by atoms with Gasteiger partial charge in [-0.15, -0.1) is 0 Å². The fraction of sp³-hybridized carbons (Fsp3) is 0.387. The van der Waals surface area contributed by atoms with E-state index in [4.69, 9.17) is 22.1 Å². The van der Waals surface area contributed by atoms with Crippen LogP contribution < -0.4 is 10.5 Å². The van der Waals surface area contributed by atoms with Crippen LogP contribution in [-0.2, 0) is 6.42 Å². The van der Waals surface area contributed by atoms with Crippen molar-refractivity contribution in [2.45, 2.75) is 31.7 Å². The van der Waals surface area contributed by atoms with Crippen molar-refractivity contribution in [1.29, 1.82) is 0 Å². The highest BCUT2D eigenvalue weighted by atomic mass is 35.5. The van der Waals surface area contributed by atoms with Crippen molar-refractivity contribution in [2.75, 3.05) is 45.9 Å². The van der Waals surface area contributed by atoms with E-state index >= 15 is 0 Å². The highest BCUT2D eigenvalue weighted by molar-refractivity contribution is 6.30. The molecule has 0 aromatic heterocycles. The van der Waals surface area contributed by atoms with Crippen LogP contribution in [0.4, 0.5) is 4.79 Å². The molecule has 0 bridgehead atoms. The minimum absolute atomic E-state index is 0.233. The molecule has 3 aromatic carbocycles. The van der Waals surface area contributed by atoms with E-state index < -0.39 is 6.03 Å². The minimum atomic E-state index is -0.815. The van der Waals surface area contributed by atoms with Crippen LogP contribution in [-0.4, -0.2) is 72.0 Å². The third-order valence-electron chi connectivity index (χ3n) is 7.22. The molecule has 1 unspecified atom stereocenters. The summed E-state index contributed by atoms with van der Waals surface area (Å²) in [6, 6.07) is 26.6. The number of nitrogens with zero attached hydrogens (tertiary/aromatic N) is 3. The summed E-state index contributed by atoms with van der Waals surface area (Å²) in [5.74, 6) is 0.882. The van der Waals surface area contributed by atoms with Crippen molar-refractivity contribution < 1.29 is 14.7 Å². The van der Waals surface area contributed by atoms with Crippen LogP contribution in [0.2, 0.25) is 5.02 Å². The Labute approximate surface area is 236 Å². The number of carbonyl (C=O) groups excluding carboxylic acids is 1. The van der Waals surface area contributed by atoms with Gasteiger partial charge in [-0.1, -0.05) is 66.2 Å². The lowest BCUT2D eigenvalue weighted by atomic mass is 9.96. The molecule has 8 heteroatoms. The lowest BCUT2D eigenvalue weighted by molar-refractivity contribution is -0.0402. The summed E-state index contributed by atoms with van der Waals surface area (Å²) >= 11 is 6.16. The standard InChI is InChI=1S/C31H39ClN4O3/c32-28-14-12-27(13-15-28)30(26-8-2-1-3-9-26)35-22-20-34(21-23-35)18-6-24-39-29-16-10-25(11-17-29)7-4-5-19-36(38)31(33)37/h1-3,8-17,30,38H,4-7,18-24H2,(H2,33,37).